The van der Waals surface area contributed by atoms with Crippen molar-refractivity contribution in [1.82, 2.24) is 0 Å². The number of hydrogen-bond acceptors (Lipinski definition) is 4. The quantitative estimate of drug-likeness (QED) is 0.530. The topological polar surface area (TPSA) is 52.6 Å². The molecular formula is C18H10O4. The first-order valence-corrected chi connectivity index (χ1v) is 6.78. The van der Waals surface area contributed by atoms with E-state index in [-0.39, 0.29) is 0 Å². The van der Waals surface area contributed by atoms with Crippen LogP contribution in [-0.4, -0.2) is 11.9 Å². The van der Waals surface area contributed by atoms with Crippen molar-refractivity contribution < 1.29 is 19.1 Å². The van der Waals surface area contributed by atoms with Crippen molar-refractivity contribution in [3.63, 3.8) is 0 Å². The Morgan fingerprint density at radius 2 is 1.36 bits per heavy atom. The van der Waals surface area contributed by atoms with Gasteiger partial charge in [-0.2, -0.15) is 0 Å². The Hall–Kier alpha value is -3.14. The third-order valence-corrected chi connectivity index (χ3v) is 3.55. The Kier molecular flexibility index (Phi) is 2.69. The van der Waals surface area contributed by atoms with E-state index >= 15 is 0 Å². The van der Waals surface area contributed by atoms with E-state index in [4.69, 9.17) is 4.74 Å². The molecule has 0 N–H and O–H groups in total. The van der Waals surface area contributed by atoms with Crippen molar-refractivity contribution >= 4 is 22.7 Å². The summed E-state index contributed by atoms with van der Waals surface area (Å²) in [6, 6.07) is 18.3. The van der Waals surface area contributed by atoms with Crippen LogP contribution in [0.2, 0.25) is 0 Å². The van der Waals surface area contributed by atoms with Crippen LogP contribution in [0.3, 0.4) is 0 Å². The summed E-state index contributed by atoms with van der Waals surface area (Å²) < 4.78 is 10.4. The molecule has 0 aromatic heterocycles. The van der Waals surface area contributed by atoms with Crippen LogP contribution in [0.15, 0.2) is 60.7 Å². The zero-order valence-electron chi connectivity index (χ0n) is 11.4. The van der Waals surface area contributed by atoms with Gasteiger partial charge in [-0.15, -0.1) is 0 Å². The molecule has 0 atom stereocenters. The molecule has 4 rings (SSSR count). The smallest absolute Gasteiger partial charge is 0.346 e. The Morgan fingerprint density at radius 3 is 2.09 bits per heavy atom. The minimum absolute atomic E-state index is 0.300. The van der Waals surface area contributed by atoms with Gasteiger partial charge in [-0.25, -0.2) is 9.59 Å². The molecule has 0 radical (unpaired) electrons. The molecule has 3 aromatic carbocycles. The molecule has 1 aliphatic heterocycles. The van der Waals surface area contributed by atoms with Crippen molar-refractivity contribution in [3.8, 4) is 11.5 Å². The van der Waals surface area contributed by atoms with Gasteiger partial charge in [-0.3, -0.25) is 0 Å². The third kappa shape index (κ3) is 2.02. The summed E-state index contributed by atoms with van der Waals surface area (Å²) in [6.07, 6.45) is 0. The van der Waals surface area contributed by atoms with Crippen molar-refractivity contribution in [2.45, 2.75) is 0 Å². The Bertz CT molecular complexity index is 913. The number of cyclic esters (lactones) is 2. The zero-order chi connectivity index (χ0) is 15.1. The first-order chi connectivity index (χ1) is 10.7. The van der Waals surface area contributed by atoms with Crippen molar-refractivity contribution in [3.05, 3.63) is 71.8 Å². The highest BCUT2D eigenvalue weighted by Gasteiger charge is 2.29. The van der Waals surface area contributed by atoms with E-state index in [0.29, 0.717) is 16.9 Å². The van der Waals surface area contributed by atoms with Gasteiger partial charge in [0, 0.05) is 0 Å². The molecule has 1 heterocycles. The van der Waals surface area contributed by atoms with Crippen LogP contribution >= 0.6 is 0 Å². The van der Waals surface area contributed by atoms with E-state index in [2.05, 4.69) is 4.74 Å². The second-order valence-corrected chi connectivity index (χ2v) is 5.00. The van der Waals surface area contributed by atoms with Gasteiger partial charge in [-0.1, -0.05) is 24.3 Å². The van der Waals surface area contributed by atoms with Gasteiger partial charge >= 0.3 is 11.9 Å². The summed E-state index contributed by atoms with van der Waals surface area (Å²) in [5.74, 6) is 0.205. The summed E-state index contributed by atoms with van der Waals surface area (Å²) in [5.41, 5.74) is 0.614. The fourth-order valence-corrected chi connectivity index (χ4v) is 2.50. The van der Waals surface area contributed by atoms with Crippen LogP contribution in [0.25, 0.3) is 10.8 Å². The third-order valence-electron chi connectivity index (χ3n) is 3.55. The number of hydrogen-bond donors (Lipinski definition) is 0. The molecule has 106 valence electrons. The van der Waals surface area contributed by atoms with Gasteiger partial charge in [0.15, 0.2) is 0 Å². The van der Waals surface area contributed by atoms with Gasteiger partial charge in [0.25, 0.3) is 0 Å². The Labute approximate surface area is 125 Å². The summed E-state index contributed by atoms with van der Waals surface area (Å²) in [7, 11) is 0. The molecule has 0 bridgehead atoms. The number of carbonyl (C=O) groups excluding carboxylic acids is 2. The van der Waals surface area contributed by atoms with Crippen molar-refractivity contribution in [2.24, 2.45) is 0 Å². The Morgan fingerprint density at radius 1 is 0.682 bits per heavy atom. The summed E-state index contributed by atoms with van der Waals surface area (Å²) >= 11 is 0. The second-order valence-electron chi connectivity index (χ2n) is 5.00. The molecule has 0 fully saturated rings. The fraction of sp³-hybridized carbons (Fsp3) is 0. The monoisotopic (exact) mass is 290 g/mol. The van der Waals surface area contributed by atoms with E-state index < -0.39 is 11.9 Å². The maximum Gasteiger partial charge on any atom is 0.346 e. The number of rotatable bonds is 2. The number of benzene rings is 3. The molecule has 4 nitrogen and oxygen atoms in total. The van der Waals surface area contributed by atoms with Crippen LogP contribution in [-0.2, 0) is 4.74 Å². The molecule has 4 heteroatoms. The average molecular weight is 290 g/mol. The van der Waals surface area contributed by atoms with E-state index in [1.54, 1.807) is 12.1 Å². The maximum atomic E-state index is 11.6. The lowest BCUT2D eigenvalue weighted by Crippen LogP contribution is -1.96. The average Bonchev–Trinajstić information content (AvgIpc) is 2.80. The molecular weight excluding hydrogens is 280 g/mol. The first kappa shape index (κ1) is 12.6. The molecule has 0 unspecified atom stereocenters. The SMILES string of the molecule is O=C1OC(=O)c2cc3cc(Oc4ccccc4)ccc3cc21. The van der Waals surface area contributed by atoms with E-state index in [0.717, 1.165) is 16.5 Å². The van der Waals surface area contributed by atoms with Crippen LogP contribution in [0.5, 0.6) is 11.5 Å². The predicted molar refractivity (Wildman–Crippen MR) is 80.2 cm³/mol. The Balaban J connectivity index is 1.78. The number of carbonyl (C=O) groups is 2. The van der Waals surface area contributed by atoms with Crippen LogP contribution in [0, 0.1) is 0 Å². The molecule has 22 heavy (non-hydrogen) atoms. The first-order valence-electron chi connectivity index (χ1n) is 6.78. The number of para-hydroxylation sites is 1. The highest BCUT2D eigenvalue weighted by atomic mass is 16.6. The molecule has 1 aliphatic rings. The van der Waals surface area contributed by atoms with Gasteiger partial charge in [-0.05, 0) is 47.2 Å². The van der Waals surface area contributed by atoms with Gasteiger partial charge in [0.05, 0.1) is 11.1 Å². The van der Waals surface area contributed by atoms with Crippen LogP contribution in [0.1, 0.15) is 20.7 Å². The molecule has 0 amide bonds. The van der Waals surface area contributed by atoms with Crippen molar-refractivity contribution in [2.75, 3.05) is 0 Å². The zero-order valence-corrected chi connectivity index (χ0v) is 11.4. The lowest BCUT2D eigenvalue weighted by molar-refractivity contribution is 0.0444. The predicted octanol–water partition coefficient (Wildman–Crippen LogP) is 3.94. The standard InChI is InChI=1S/C18H10O4/c19-17-15-9-11-6-7-14(21-13-4-2-1-3-5-13)8-12(11)10-16(15)18(20)22-17/h1-10H. The normalized spacial score (nSPS) is 13.1. The second kappa shape index (κ2) is 4.70. The summed E-state index contributed by atoms with van der Waals surface area (Å²) in [4.78, 5) is 23.2. The van der Waals surface area contributed by atoms with Crippen LogP contribution in [0.4, 0.5) is 0 Å². The van der Waals surface area contributed by atoms with Gasteiger partial charge in [0.1, 0.15) is 11.5 Å². The highest BCUT2D eigenvalue weighted by molar-refractivity contribution is 6.17. The largest absolute Gasteiger partial charge is 0.457 e. The number of esters is 2. The molecule has 0 spiro atoms. The number of ether oxygens (including phenoxy) is 2. The highest BCUT2D eigenvalue weighted by Crippen LogP contribution is 2.30. The molecule has 0 aliphatic carbocycles. The molecule has 0 saturated heterocycles. The summed E-state index contributed by atoms with van der Waals surface area (Å²) in [6.45, 7) is 0. The molecule has 3 aromatic rings. The fourth-order valence-electron chi connectivity index (χ4n) is 2.50. The van der Waals surface area contributed by atoms with E-state index in [1.807, 2.05) is 48.5 Å². The number of fused-ring (bicyclic) bond motifs is 2. The van der Waals surface area contributed by atoms with Crippen molar-refractivity contribution in [1.29, 1.82) is 0 Å². The summed E-state index contributed by atoms with van der Waals surface area (Å²) in [5, 5.41) is 1.67. The van der Waals surface area contributed by atoms with E-state index in [1.165, 1.54) is 0 Å². The van der Waals surface area contributed by atoms with E-state index in [9.17, 15) is 9.59 Å². The lowest BCUT2D eigenvalue weighted by atomic mass is 10.0. The maximum absolute atomic E-state index is 11.6. The van der Waals surface area contributed by atoms with Gasteiger partial charge < -0.3 is 9.47 Å². The van der Waals surface area contributed by atoms with Crippen LogP contribution < -0.4 is 4.74 Å². The van der Waals surface area contributed by atoms with Gasteiger partial charge in [0.2, 0.25) is 0 Å². The lowest BCUT2D eigenvalue weighted by Gasteiger charge is -2.07. The molecule has 0 saturated carbocycles. The minimum atomic E-state index is -0.601. The minimum Gasteiger partial charge on any atom is -0.457 e.